The Morgan fingerprint density at radius 3 is 2.12 bits per heavy atom. The molecule has 0 aromatic heterocycles. The Morgan fingerprint density at radius 2 is 1.81 bits per heavy atom. The van der Waals surface area contributed by atoms with E-state index >= 15 is 0 Å². The number of unbranched alkanes of at least 4 members (excludes halogenated alkanes) is 1. The molecule has 98 valence electrons. The van der Waals surface area contributed by atoms with Crippen molar-refractivity contribution < 1.29 is 33.5 Å². The van der Waals surface area contributed by atoms with Gasteiger partial charge in [0.15, 0.2) is 6.29 Å². The Labute approximate surface area is 94.6 Å². The van der Waals surface area contributed by atoms with E-state index in [4.69, 9.17) is 28.7 Å². The van der Waals surface area contributed by atoms with E-state index in [1.54, 1.807) is 6.92 Å². The van der Waals surface area contributed by atoms with Gasteiger partial charge in [-0.1, -0.05) is 13.3 Å². The Kier molecular flexibility index (Phi) is 10.9. The minimum absolute atomic E-state index is 0.297. The maximum absolute atomic E-state index is 10.4. The average Bonchev–Trinajstić information content (AvgIpc) is 1.99. The molecule has 0 rings (SSSR count). The Hall–Kier alpha value is -0.460. The molecule has 0 saturated carbocycles. The van der Waals surface area contributed by atoms with Gasteiger partial charge in [-0.2, -0.15) is 0 Å². The van der Waals surface area contributed by atoms with Gasteiger partial charge in [-0.15, -0.1) is 0 Å². The highest BCUT2D eigenvalue weighted by Crippen LogP contribution is 2.25. The summed E-state index contributed by atoms with van der Waals surface area (Å²) in [5, 5.41) is 0. The number of esters is 1. The predicted octanol–water partition coefficient (Wildman–Crippen LogP) is 0.784. The Morgan fingerprint density at radius 1 is 1.38 bits per heavy atom. The summed E-state index contributed by atoms with van der Waals surface area (Å²) >= 11 is 0. The molecule has 0 amide bonds. The number of hydrogen-bond acceptors (Lipinski definition) is 4. The van der Waals surface area contributed by atoms with Crippen molar-refractivity contribution in [2.24, 2.45) is 0 Å². The third kappa shape index (κ3) is 29.2. The lowest BCUT2D eigenvalue weighted by molar-refractivity contribution is -0.172. The molecule has 0 aliphatic carbocycles. The molecular formula is C8H19O7P. The zero-order valence-corrected chi connectivity index (χ0v) is 10.5. The van der Waals surface area contributed by atoms with Crippen molar-refractivity contribution in [1.82, 2.24) is 0 Å². The second-order valence-electron chi connectivity index (χ2n) is 2.91. The van der Waals surface area contributed by atoms with E-state index < -0.39 is 14.1 Å². The van der Waals surface area contributed by atoms with Crippen LogP contribution in [0, 0.1) is 0 Å². The smallest absolute Gasteiger partial charge is 0.436 e. The summed E-state index contributed by atoms with van der Waals surface area (Å²) < 4.78 is 18.8. The average molecular weight is 258 g/mol. The quantitative estimate of drug-likeness (QED) is 0.289. The van der Waals surface area contributed by atoms with Gasteiger partial charge in [0, 0.05) is 6.92 Å². The van der Waals surface area contributed by atoms with Crippen LogP contribution in [-0.2, 0) is 18.8 Å². The maximum Gasteiger partial charge on any atom is 0.466 e. The van der Waals surface area contributed by atoms with Crippen LogP contribution in [0.2, 0.25) is 0 Å². The zero-order valence-electron chi connectivity index (χ0n) is 9.62. The van der Waals surface area contributed by atoms with Crippen LogP contribution < -0.4 is 0 Å². The van der Waals surface area contributed by atoms with Crippen LogP contribution >= 0.6 is 7.82 Å². The van der Waals surface area contributed by atoms with Crippen molar-refractivity contribution in [2.75, 3.05) is 6.61 Å². The lowest BCUT2D eigenvalue weighted by Gasteiger charge is -2.11. The summed E-state index contributed by atoms with van der Waals surface area (Å²) in [5.41, 5.74) is 0. The third-order valence-corrected chi connectivity index (χ3v) is 1.18. The molecule has 8 heteroatoms. The fourth-order valence-corrected chi connectivity index (χ4v) is 0.661. The van der Waals surface area contributed by atoms with E-state index in [9.17, 15) is 4.79 Å². The molecule has 7 nitrogen and oxygen atoms in total. The summed E-state index contributed by atoms with van der Waals surface area (Å²) in [6, 6.07) is 0. The molecule has 1 unspecified atom stereocenters. The number of hydrogen-bond donors (Lipinski definition) is 3. The lowest BCUT2D eigenvalue weighted by Crippen LogP contribution is -2.16. The van der Waals surface area contributed by atoms with Crippen molar-refractivity contribution in [3.05, 3.63) is 0 Å². The van der Waals surface area contributed by atoms with E-state index in [-0.39, 0.29) is 5.97 Å². The molecule has 1 atom stereocenters. The molecule has 0 bridgehead atoms. The molecule has 0 aliphatic rings. The SMILES string of the molecule is CCCCOC(C)OC(C)=O.O=P(O)(O)O. The number of ether oxygens (including phenoxy) is 2. The fourth-order valence-electron chi connectivity index (χ4n) is 0.661. The van der Waals surface area contributed by atoms with Gasteiger partial charge in [0.25, 0.3) is 0 Å². The summed E-state index contributed by atoms with van der Waals surface area (Å²) in [7, 11) is -4.64. The predicted molar refractivity (Wildman–Crippen MR) is 56.4 cm³/mol. The largest absolute Gasteiger partial charge is 0.466 e. The maximum atomic E-state index is 10.4. The van der Waals surface area contributed by atoms with Crippen molar-refractivity contribution in [2.45, 2.75) is 39.9 Å². The summed E-state index contributed by atoms with van der Waals surface area (Å²) in [6.45, 7) is 5.83. The van der Waals surface area contributed by atoms with Gasteiger partial charge in [-0.05, 0) is 13.3 Å². The van der Waals surface area contributed by atoms with Crippen LogP contribution in [-0.4, -0.2) is 33.5 Å². The molecule has 0 heterocycles. The third-order valence-electron chi connectivity index (χ3n) is 1.18. The molecule has 0 radical (unpaired) electrons. The van der Waals surface area contributed by atoms with Crippen LogP contribution in [0.1, 0.15) is 33.6 Å². The number of carbonyl (C=O) groups excluding carboxylic acids is 1. The van der Waals surface area contributed by atoms with E-state index in [1.807, 2.05) is 0 Å². The van der Waals surface area contributed by atoms with Gasteiger partial charge in [0.2, 0.25) is 0 Å². The molecule has 3 N–H and O–H groups in total. The molecule has 0 fully saturated rings. The van der Waals surface area contributed by atoms with Crippen LogP contribution in [0.4, 0.5) is 0 Å². The molecule has 0 aliphatic heterocycles. The minimum atomic E-state index is -4.64. The molecular weight excluding hydrogens is 239 g/mol. The first-order chi connectivity index (χ1) is 7.16. The van der Waals surface area contributed by atoms with Gasteiger partial charge in [0.1, 0.15) is 0 Å². The van der Waals surface area contributed by atoms with Crippen LogP contribution in [0.3, 0.4) is 0 Å². The second-order valence-corrected chi connectivity index (χ2v) is 3.94. The van der Waals surface area contributed by atoms with Crippen LogP contribution in [0.15, 0.2) is 0 Å². The molecule has 16 heavy (non-hydrogen) atoms. The standard InChI is InChI=1S/C8H16O3.H3O4P/c1-4-5-6-10-8(3)11-7(2)9;1-5(2,3)4/h8H,4-6H2,1-3H3;(H3,1,2,3,4). The Bertz CT molecular complexity index is 216. The van der Waals surface area contributed by atoms with E-state index in [0.717, 1.165) is 12.8 Å². The summed E-state index contributed by atoms with van der Waals surface area (Å²) in [4.78, 5) is 31.9. The van der Waals surface area contributed by atoms with Gasteiger partial charge in [-0.3, -0.25) is 4.79 Å². The van der Waals surface area contributed by atoms with E-state index in [1.165, 1.54) is 6.92 Å². The van der Waals surface area contributed by atoms with E-state index in [0.29, 0.717) is 6.61 Å². The van der Waals surface area contributed by atoms with Gasteiger partial charge >= 0.3 is 13.8 Å². The second kappa shape index (κ2) is 9.74. The highest BCUT2D eigenvalue weighted by atomic mass is 31.2. The number of rotatable bonds is 5. The molecule has 0 aromatic rings. The van der Waals surface area contributed by atoms with E-state index in [2.05, 4.69) is 6.92 Å². The summed E-state index contributed by atoms with van der Waals surface area (Å²) in [5.74, 6) is -0.297. The molecule has 0 spiro atoms. The first-order valence-electron chi connectivity index (χ1n) is 4.74. The van der Waals surface area contributed by atoms with Gasteiger partial charge < -0.3 is 24.2 Å². The lowest BCUT2D eigenvalue weighted by atomic mass is 10.4. The van der Waals surface area contributed by atoms with Gasteiger partial charge in [0.05, 0.1) is 6.61 Å². The monoisotopic (exact) mass is 258 g/mol. The van der Waals surface area contributed by atoms with Gasteiger partial charge in [-0.25, -0.2) is 4.57 Å². The zero-order chi connectivity index (χ0) is 13.2. The van der Waals surface area contributed by atoms with Crippen molar-refractivity contribution in [3.63, 3.8) is 0 Å². The molecule has 0 saturated heterocycles. The fraction of sp³-hybridized carbons (Fsp3) is 0.875. The summed E-state index contributed by atoms with van der Waals surface area (Å²) in [6.07, 6.45) is 1.69. The first kappa shape index (κ1) is 17.9. The number of carbonyl (C=O) groups is 1. The topological polar surface area (TPSA) is 113 Å². The molecule has 0 aromatic carbocycles. The van der Waals surface area contributed by atoms with Crippen LogP contribution in [0.5, 0.6) is 0 Å². The van der Waals surface area contributed by atoms with Crippen molar-refractivity contribution in [1.29, 1.82) is 0 Å². The van der Waals surface area contributed by atoms with Crippen molar-refractivity contribution >= 4 is 13.8 Å². The highest BCUT2D eigenvalue weighted by Gasteiger charge is 2.03. The highest BCUT2D eigenvalue weighted by molar-refractivity contribution is 7.45. The number of phosphoric acid groups is 1. The van der Waals surface area contributed by atoms with Crippen LogP contribution in [0.25, 0.3) is 0 Å². The Balaban J connectivity index is 0. The normalized spacial score (nSPS) is 12.4. The van der Waals surface area contributed by atoms with Crippen molar-refractivity contribution in [3.8, 4) is 0 Å². The first-order valence-corrected chi connectivity index (χ1v) is 6.30. The minimum Gasteiger partial charge on any atom is -0.436 e.